The molecule has 1 saturated heterocycles. The molecule has 0 amide bonds. The first-order valence-electron chi connectivity index (χ1n) is 7.94. The molecule has 2 heterocycles. The van der Waals surface area contributed by atoms with Gasteiger partial charge in [-0.3, -0.25) is 0 Å². The van der Waals surface area contributed by atoms with E-state index in [2.05, 4.69) is 29.1 Å². The van der Waals surface area contributed by atoms with E-state index in [1.54, 1.807) is 0 Å². The average molecular weight is 294 g/mol. The predicted molar refractivity (Wildman–Crippen MR) is 85.8 cm³/mol. The number of likely N-dealkylation sites (N-methyl/N-ethyl adjacent to an activating group) is 1. The Balaban J connectivity index is 1.78. The van der Waals surface area contributed by atoms with E-state index < -0.39 is 0 Å². The topological polar surface area (TPSA) is 31.4 Å². The molecule has 0 saturated carbocycles. The first-order valence-corrected chi connectivity index (χ1v) is 8.76. The number of anilines is 1. The summed E-state index contributed by atoms with van der Waals surface area (Å²) in [4.78, 5) is 11.4. The number of aryl methyl sites for hydroxylation is 1. The van der Waals surface area contributed by atoms with Crippen LogP contribution in [0.1, 0.15) is 42.8 Å². The van der Waals surface area contributed by atoms with Crippen LogP contribution in [0.25, 0.3) is 0 Å². The molecule has 1 aliphatic carbocycles. The van der Waals surface area contributed by atoms with Crippen molar-refractivity contribution in [1.82, 2.24) is 15.2 Å². The highest BCUT2D eigenvalue weighted by Crippen LogP contribution is 2.37. The van der Waals surface area contributed by atoms with Gasteiger partial charge in [-0.25, -0.2) is 4.98 Å². The molecule has 1 unspecified atom stereocenters. The Morgan fingerprint density at radius 2 is 2.15 bits per heavy atom. The van der Waals surface area contributed by atoms with Gasteiger partial charge in [-0.2, -0.15) is 0 Å². The lowest BCUT2D eigenvalue weighted by atomic mass is 9.98. The molecule has 112 valence electrons. The number of hydrogen-bond acceptors (Lipinski definition) is 5. The van der Waals surface area contributed by atoms with Crippen LogP contribution in [-0.2, 0) is 6.42 Å². The van der Waals surface area contributed by atoms with Crippen LogP contribution in [0.15, 0.2) is 0 Å². The number of aromatic nitrogens is 1. The fraction of sp³-hybridized carbons (Fsp3) is 0.800. The smallest absolute Gasteiger partial charge is 0.185 e. The lowest BCUT2D eigenvalue weighted by Gasteiger charge is -2.21. The molecule has 0 bridgehead atoms. The minimum atomic E-state index is 0.546. The maximum absolute atomic E-state index is 4.96. The molecule has 1 aromatic rings. The van der Waals surface area contributed by atoms with Crippen LogP contribution in [-0.4, -0.2) is 49.7 Å². The van der Waals surface area contributed by atoms with E-state index in [4.69, 9.17) is 4.98 Å². The van der Waals surface area contributed by atoms with Gasteiger partial charge >= 0.3 is 0 Å². The summed E-state index contributed by atoms with van der Waals surface area (Å²) in [5, 5.41) is 4.88. The Hall–Kier alpha value is -0.650. The Bertz CT molecular complexity index is 445. The number of hydrogen-bond donors (Lipinski definition) is 1. The number of rotatable bonds is 3. The summed E-state index contributed by atoms with van der Waals surface area (Å²) >= 11 is 1.93. The maximum atomic E-state index is 4.96. The summed E-state index contributed by atoms with van der Waals surface area (Å²) < 4.78 is 0. The fourth-order valence-electron chi connectivity index (χ4n) is 3.22. The zero-order valence-electron chi connectivity index (χ0n) is 12.7. The summed E-state index contributed by atoms with van der Waals surface area (Å²) in [6.07, 6.45) is 4.96. The Kier molecular flexibility index (Phi) is 4.58. The van der Waals surface area contributed by atoms with Crippen molar-refractivity contribution in [2.45, 2.75) is 38.6 Å². The molecule has 3 rings (SSSR count). The van der Waals surface area contributed by atoms with E-state index in [9.17, 15) is 0 Å². The summed E-state index contributed by atoms with van der Waals surface area (Å²) in [7, 11) is 2.22. The van der Waals surface area contributed by atoms with Gasteiger partial charge in [0.15, 0.2) is 5.13 Å². The highest BCUT2D eigenvalue weighted by Gasteiger charge is 2.26. The second kappa shape index (κ2) is 6.41. The van der Waals surface area contributed by atoms with Crippen LogP contribution in [0.3, 0.4) is 0 Å². The van der Waals surface area contributed by atoms with E-state index in [0.717, 1.165) is 26.2 Å². The van der Waals surface area contributed by atoms with E-state index in [1.165, 1.54) is 47.9 Å². The van der Waals surface area contributed by atoms with Crippen molar-refractivity contribution >= 4 is 16.5 Å². The van der Waals surface area contributed by atoms with Crippen molar-refractivity contribution in [2.24, 2.45) is 0 Å². The minimum Gasteiger partial charge on any atom is -0.347 e. The lowest BCUT2D eigenvalue weighted by Crippen LogP contribution is -2.28. The van der Waals surface area contributed by atoms with Gasteiger partial charge in [0.1, 0.15) is 0 Å². The average Bonchev–Trinajstić information content (AvgIpc) is 2.76. The molecule has 0 aromatic carbocycles. The minimum absolute atomic E-state index is 0.546. The molecule has 20 heavy (non-hydrogen) atoms. The molecule has 0 spiro atoms. The Morgan fingerprint density at radius 3 is 3.00 bits per heavy atom. The number of thiazole rings is 1. The molecule has 2 aliphatic rings. The van der Waals surface area contributed by atoms with E-state index in [-0.39, 0.29) is 0 Å². The molecule has 5 heteroatoms. The molecule has 0 radical (unpaired) electrons. The van der Waals surface area contributed by atoms with Crippen molar-refractivity contribution < 1.29 is 0 Å². The third kappa shape index (κ3) is 3.00. The highest BCUT2D eigenvalue weighted by molar-refractivity contribution is 7.15. The summed E-state index contributed by atoms with van der Waals surface area (Å²) in [5.41, 5.74) is 1.36. The SMILES string of the molecule is CCNC1CCCc2nc(N3CCCN(C)CC3)sc21. The summed E-state index contributed by atoms with van der Waals surface area (Å²) in [5.74, 6) is 0. The van der Waals surface area contributed by atoms with Gasteiger partial charge in [-0.1, -0.05) is 18.3 Å². The normalized spacial score (nSPS) is 24.5. The first-order chi connectivity index (χ1) is 9.78. The number of fused-ring (bicyclic) bond motifs is 1. The van der Waals surface area contributed by atoms with E-state index in [0.29, 0.717) is 6.04 Å². The van der Waals surface area contributed by atoms with Crippen molar-refractivity contribution in [2.75, 3.05) is 44.7 Å². The lowest BCUT2D eigenvalue weighted by molar-refractivity contribution is 0.360. The van der Waals surface area contributed by atoms with Crippen LogP contribution >= 0.6 is 11.3 Å². The largest absolute Gasteiger partial charge is 0.347 e. The summed E-state index contributed by atoms with van der Waals surface area (Å²) in [6, 6.07) is 0.546. The van der Waals surface area contributed by atoms with Gasteiger partial charge < -0.3 is 15.1 Å². The Morgan fingerprint density at radius 1 is 1.25 bits per heavy atom. The van der Waals surface area contributed by atoms with Gasteiger partial charge in [-0.15, -0.1) is 0 Å². The fourth-order valence-corrected chi connectivity index (χ4v) is 4.49. The number of nitrogens with zero attached hydrogens (tertiary/aromatic N) is 3. The van der Waals surface area contributed by atoms with Crippen molar-refractivity contribution in [3.8, 4) is 0 Å². The third-order valence-electron chi connectivity index (χ3n) is 4.38. The van der Waals surface area contributed by atoms with Gasteiger partial charge in [0.25, 0.3) is 0 Å². The second-order valence-corrected chi connectivity index (χ2v) is 6.96. The zero-order valence-corrected chi connectivity index (χ0v) is 13.5. The van der Waals surface area contributed by atoms with E-state index in [1.807, 2.05) is 11.3 Å². The van der Waals surface area contributed by atoms with Crippen molar-refractivity contribution in [3.05, 3.63) is 10.6 Å². The molecule has 1 aliphatic heterocycles. The van der Waals surface area contributed by atoms with E-state index >= 15 is 0 Å². The van der Waals surface area contributed by atoms with Crippen molar-refractivity contribution in [3.63, 3.8) is 0 Å². The van der Waals surface area contributed by atoms with Crippen LogP contribution < -0.4 is 10.2 Å². The second-order valence-electron chi connectivity index (χ2n) is 5.95. The van der Waals surface area contributed by atoms with Crippen molar-refractivity contribution in [1.29, 1.82) is 0 Å². The highest BCUT2D eigenvalue weighted by atomic mass is 32.1. The van der Waals surface area contributed by atoms with Crippen LogP contribution in [0, 0.1) is 0 Å². The van der Waals surface area contributed by atoms with Gasteiger partial charge in [0.05, 0.1) is 5.69 Å². The van der Waals surface area contributed by atoms with Gasteiger partial charge in [0, 0.05) is 30.6 Å². The van der Waals surface area contributed by atoms with Gasteiger partial charge in [-0.05, 0) is 45.8 Å². The molecular formula is C15H26N4S. The standard InChI is InChI=1S/C15H26N4S/c1-3-16-12-6-4-7-13-14(12)20-15(17-13)19-9-5-8-18(2)10-11-19/h12,16H,3-11H2,1-2H3. The third-order valence-corrected chi connectivity index (χ3v) is 5.65. The Labute approximate surface area is 126 Å². The number of nitrogens with one attached hydrogen (secondary N) is 1. The molecule has 1 N–H and O–H groups in total. The first kappa shape index (κ1) is 14.3. The molecular weight excluding hydrogens is 268 g/mol. The molecule has 1 aromatic heterocycles. The molecule has 1 atom stereocenters. The zero-order chi connectivity index (χ0) is 13.9. The predicted octanol–water partition coefficient (Wildman–Crippen LogP) is 2.27. The maximum Gasteiger partial charge on any atom is 0.185 e. The quantitative estimate of drug-likeness (QED) is 0.927. The van der Waals surface area contributed by atoms with Crippen LogP contribution in [0.2, 0.25) is 0 Å². The summed E-state index contributed by atoms with van der Waals surface area (Å²) in [6.45, 7) is 7.88. The van der Waals surface area contributed by atoms with Gasteiger partial charge in [0.2, 0.25) is 0 Å². The molecule has 4 nitrogen and oxygen atoms in total. The molecule has 1 fully saturated rings. The van der Waals surface area contributed by atoms with Crippen LogP contribution in [0.4, 0.5) is 5.13 Å². The van der Waals surface area contributed by atoms with Crippen LogP contribution in [0.5, 0.6) is 0 Å². The monoisotopic (exact) mass is 294 g/mol.